The van der Waals surface area contributed by atoms with E-state index in [1.165, 1.54) is 0 Å². The third kappa shape index (κ3) is 5.68. The predicted octanol–water partition coefficient (Wildman–Crippen LogP) is 4.27. The smallest absolute Gasteiger partial charge is 0.407 e. The second-order valence-corrected chi connectivity index (χ2v) is 10.8. The van der Waals surface area contributed by atoms with Gasteiger partial charge in [0, 0.05) is 56.3 Å². The zero-order valence-electron chi connectivity index (χ0n) is 22.3. The van der Waals surface area contributed by atoms with Gasteiger partial charge in [-0.05, 0) is 68.0 Å². The molecule has 0 spiro atoms. The van der Waals surface area contributed by atoms with Crippen LogP contribution in [0.3, 0.4) is 0 Å². The molecule has 9 heteroatoms. The zero-order chi connectivity index (χ0) is 26.9. The molecule has 6 rings (SSSR count). The fourth-order valence-corrected chi connectivity index (χ4v) is 5.64. The van der Waals surface area contributed by atoms with Crippen molar-refractivity contribution in [2.45, 2.75) is 57.8 Å². The topological polar surface area (TPSA) is 93.5 Å². The van der Waals surface area contributed by atoms with Crippen LogP contribution in [0.2, 0.25) is 0 Å². The lowest BCUT2D eigenvalue weighted by atomic mass is 10.0. The van der Waals surface area contributed by atoms with Gasteiger partial charge in [-0.3, -0.25) is 4.79 Å². The quantitative estimate of drug-likeness (QED) is 0.462. The molecular formula is C30H35N3O6. The summed E-state index contributed by atoms with van der Waals surface area (Å²) in [4.78, 5) is 29.0. The van der Waals surface area contributed by atoms with Gasteiger partial charge in [-0.1, -0.05) is 6.07 Å². The number of fused-ring (bicyclic) bond motifs is 2. The summed E-state index contributed by atoms with van der Waals surface area (Å²) in [5, 5.41) is 11.0. The molecule has 0 atom stereocenters. The molecule has 1 saturated carbocycles. The molecule has 0 bridgehead atoms. The number of ether oxygens (including phenoxy) is 3. The Morgan fingerprint density at radius 3 is 2.51 bits per heavy atom. The van der Waals surface area contributed by atoms with Crippen molar-refractivity contribution in [1.29, 1.82) is 0 Å². The van der Waals surface area contributed by atoms with Crippen LogP contribution in [0.1, 0.15) is 36.8 Å². The standard InChI is InChI=1S/C30H35N3O6/c1-20-16-29(34)32(26-18-24(5-6-25(20)26)39-23-3-4-23)13-12-31-10-8-22(9-11-31)33(30(35)36)19-21-2-7-27-28(17-21)38-15-14-37-27/h2,5-7,16-18,22-23H,3-4,8-15,19H2,1H3,(H,35,36). The summed E-state index contributed by atoms with van der Waals surface area (Å²) < 4.78 is 19.1. The minimum absolute atomic E-state index is 0.00469. The van der Waals surface area contributed by atoms with Crippen LogP contribution < -0.4 is 19.8 Å². The Morgan fingerprint density at radius 1 is 1.00 bits per heavy atom. The summed E-state index contributed by atoms with van der Waals surface area (Å²) in [6, 6.07) is 13.3. The molecule has 2 aliphatic heterocycles. The normalized spacial score (nSPS) is 17.8. The number of hydrogen-bond donors (Lipinski definition) is 1. The molecule has 1 N–H and O–H groups in total. The van der Waals surface area contributed by atoms with Crippen molar-refractivity contribution in [1.82, 2.24) is 14.4 Å². The molecule has 1 aliphatic carbocycles. The van der Waals surface area contributed by atoms with E-state index >= 15 is 0 Å². The maximum Gasteiger partial charge on any atom is 0.407 e. The Labute approximate surface area is 227 Å². The molecule has 206 valence electrons. The molecule has 9 nitrogen and oxygen atoms in total. The van der Waals surface area contributed by atoms with E-state index in [-0.39, 0.29) is 11.6 Å². The monoisotopic (exact) mass is 533 g/mol. The highest BCUT2D eigenvalue weighted by molar-refractivity contribution is 5.83. The molecule has 0 radical (unpaired) electrons. The first-order chi connectivity index (χ1) is 18.9. The number of pyridine rings is 1. The zero-order valence-corrected chi connectivity index (χ0v) is 22.3. The van der Waals surface area contributed by atoms with Crippen molar-refractivity contribution in [3.63, 3.8) is 0 Å². The van der Waals surface area contributed by atoms with Gasteiger partial charge in [0.15, 0.2) is 11.5 Å². The maximum absolute atomic E-state index is 13.0. The number of aryl methyl sites for hydroxylation is 1. The van der Waals surface area contributed by atoms with Crippen LogP contribution in [0.5, 0.6) is 17.2 Å². The van der Waals surface area contributed by atoms with Crippen LogP contribution in [-0.2, 0) is 13.1 Å². The molecule has 2 aromatic carbocycles. The average Bonchev–Trinajstić information content (AvgIpc) is 3.75. The Bertz CT molecular complexity index is 1420. The lowest BCUT2D eigenvalue weighted by Crippen LogP contribution is -2.47. The van der Waals surface area contributed by atoms with Crippen molar-refractivity contribution in [3.8, 4) is 17.2 Å². The number of rotatable bonds is 8. The molecule has 2 fully saturated rings. The second-order valence-electron chi connectivity index (χ2n) is 10.8. The van der Waals surface area contributed by atoms with E-state index in [1.54, 1.807) is 11.0 Å². The van der Waals surface area contributed by atoms with Crippen LogP contribution in [0.15, 0.2) is 47.3 Å². The largest absolute Gasteiger partial charge is 0.490 e. The molecule has 1 saturated heterocycles. The van der Waals surface area contributed by atoms with Gasteiger partial charge < -0.3 is 33.7 Å². The van der Waals surface area contributed by atoms with Crippen LogP contribution in [-0.4, -0.2) is 70.6 Å². The Morgan fingerprint density at radius 2 is 1.77 bits per heavy atom. The van der Waals surface area contributed by atoms with Crippen molar-refractivity contribution in [3.05, 3.63) is 63.9 Å². The summed E-state index contributed by atoms with van der Waals surface area (Å²) in [6.07, 6.45) is 3.06. The van der Waals surface area contributed by atoms with Crippen LogP contribution in [0.4, 0.5) is 4.79 Å². The number of likely N-dealkylation sites (tertiary alicyclic amines) is 1. The number of carbonyl (C=O) groups is 1. The summed E-state index contributed by atoms with van der Waals surface area (Å²) in [5.74, 6) is 2.19. The molecule has 39 heavy (non-hydrogen) atoms. The highest BCUT2D eigenvalue weighted by Crippen LogP contribution is 2.32. The highest BCUT2D eigenvalue weighted by Gasteiger charge is 2.28. The summed E-state index contributed by atoms with van der Waals surface area (Å²) in [7, 11) is 0. The number of hydrogen-bond acceptors (Lipinski definition) is 6. The molecule has 3 heterocycles. The minimum Gasteiger partial charge on any atom is -0.490 e. The third-order valence-corrected chi connectivity index (χ3v) is 7.96. The number of carboxylic acid groups (broad SMARTS) is 1. The van der Waals surface area contributed by atoms with Crippen LogP contribution >= 0.6 is 0 Å². The molecule has 3 aliphatic rings. The Hall–Kier alpha value is -3.72. The molecular weight excluding hydrogens is 498 g/mol. The van der Waals surface area contributed by atoms with Crippen molar-refractivity contribution in [2.24, 2.45) is 0 Å². The Balaban J connectivity index is 1.09. The molecule has 1 aromatic heterocycles. The second kappa shape index (κ2) is 10.8. The third-order valence-electron chi connectivity index (χ3n) is 7.96. The van der Waals surface area contributed by atoms with E-state index in [4.69, 9.17) is 14.2 Å². The summed E-state index contributed by atoms with van der Waals surface area (Å²) in [6.45, 7) is 6.18. The Kier molecular flexibility index (Phi) is 7.08. The van der Waals surface area contributed by atoms with Gasteiger partial charge in [0.05, 0.1) is 11.6 Å². The van der Waals surface area contributed by atoms with Crippen LogP contribution in [0.25, 0.3) is 10.9 Å². The number of piperidine rings is 1. The van der Waals surface area contributed by atoms with Gasteiger partial charge in [-0.15, -0.1) is 0 Å². The molecule has 3 aromatic rings. The highest BCUT2D eigenvalue weighted by atomic mass is 16.6. The number of aromatic nitrogens is 1. The number of benzene rings is 2. The number of amides is 1. The van der Waals surface area contributed by atoms with Gasteiger partial charge >= 0.3 is 6.09 Å². The first-order valence-electron chi connectivity index (χ1n) is 13.9. The fourth-order valence-electron chi connectivity index (χ4n) is 5.64. The lowest BCUT2D eigenvalue weighted by Gasteiger charge is -2.37. The van der Waals surface area contributed by atoms with Crippen molar-refractivity contribution < 1.29 is 24.1 Å². The lowest BCUT2D eigenvalue weighted by molar-refractivity contribution is 0.0856. The SMILES string of the molecule is Cc1cc(=O)n(CCN2CCC(N(Cc3ccc4c(c3)OCCO4)C(=O)O)CC2)c2cc(OC3CC3)ccc12. The van der Waals surface area contributed by atoms with E-state index in [0.29, 0.717) is 43.9 Å². The average molecular weight is 534 g/mol. The van der Waals surface area contributed by atoms with Crippen LogP contribution in [0, 0.1) is 6.92 Å². The van der Waals surface area contributed by atoms with Crippen molar-refractivity contribution >= 4 is 17.0 Å². The number of nitrogens with zero attached hydrogens (tertiary/aromatic N) is 3. The maximum atomic E-state index is 13.0. The summed E-state index contributed by atoms with van der Waals surface area (Å²) >= 11 is 0. The molecule has 1 amide bonds. The van der Waals surface area contributed by atoms with Gasteiger partial charge in [0.25, 0.3) is 5.56 Å². The predicted molar refractivity (Wildman–Crippen MR) is 147 cm³/mol. The van der Waals surface area contributed by atoms with E-state index < -0.39 is 6.09 Å². The van der Waals surface area contributed by atoms with Gasteiger partial charge in [0.2, 0.25) is 0 Å². The fraction of sp³-hybridized carbons (Fsp3) is 0.467. The van der Waals surface area contributed by atoms with E-state index in [0.717, 1.165) is 73.1 Å². The first-order valence-corrected chi connectivity index (χ1v) is 13.9. The van der Waals surface area contributed by atoms with Gasteiger partial charge in [-0.2, -0.15) is 0 Å². The molecule has 0 unspecified atom stereocenters. The van der Waals surface area contributed by atoms with Crippen molar-refractivity contribution in [2.75, 3.05) is 32.8 Å². The van der Waals surface area contributed by atoms with Gasteiger partial charge in [0.1, 0.15) is 19.0 Å². The minimum atomic E-state index is -0.912. The first kappa shape index (κ1) is 25.6. The van der Waals surface area contributed by atoms with E-state index in [2.05, 4.69) is 4.90 Å². The van der Waals surface area contributed by atoms with Gasteiger partial charge in [-0.25, -0.2) is 4.79 Å². The van der Waals surface area contributed by atoms with E-state index in [1.807, 2.05) is 47.9 Å². The van der Waals surface area contributed by atoms with E-state index in [9.17, 15) is 14.7 Å². The summed E-state index contributed by atoms with van der Waals surface area (Å²) in [5.41, 5.74) is 2.76.